The summed E-state index contributed by atoms with van der Waals surface area (Å²) in [4.78, 5) is 23.9. The standard InChI is InChI=1S/C34H39ClN4O3/c1-33(2,3)42-32(40)39-21-18-34(19-22-39,27-11-13-28(35)14-12-27)26-9-7-25(8-10-26)30-17-20-36-31(38-30)37-23-24-5-15-29(41-4)16-6-24/h5-7,9-17,20,25H,8,18-19,21-23H2,1-4H3,(H,36,37,38). The van der Waals surface area contributed by atoms with E-state index in [1.54, 1.807) is 7.11 Å². The molecule has 1 atom stereocenters. The van der Waals surface area contributed by atoms with Crippen molar-refractivity contribution in [3.05, 3.63) is 106 Å². The van der Waals surface area contributed by atoms with Crippen LogP contribution >= 0.6 is 11.6 Å². The largest absolute Gasteiger partial charge is 0.497 e. The molecule has 3 aromatic rings. The Morgan fingerprint density at radius 2 is 1.79 bits per heavy atom. The van der Waals surface area contributed by atoms with Gasteiger partial charge in [-0.05, 0) is 87.1 Å². The summed E-state index contributed by atoms with van der Waals surface area (Å²) in [5.41, 5.74) is 3.88. The van der Waals surface area contributed by atoms with Crippen molar-refractivity contribution in [1.29, 1.82) is 0 Å². The minimum atomic E-state index is -0.516. The molecule has 1 N–H and O–H groups in total. The van der Waals surface area contributed by atoms with E-state index in [0.29, 0.717) is 30.6 Å². The number of methoxy groups -OCH3 is 1. The maximum Gasteiger partial charge on any atom is 0.410 e. The Kier molecular flexibility index (Phi) is 8.88. The van der Waals surface area contributed by atoms with Gasteiger partial charge in [-0.2, -0.15) is 0 Å². The highest BCUT2D eigenvalue weighted by Crippen LogP contribution is 2.45. The quantitative estimate of drug-likeness (QED) is 0.306. The molecule has 1 amide bonds. The van der Waals surface area contributed by atoms with Crippen LogP contribution in [-0.2, 0) is 16.7 Å². The van der Waals surface area contributed by atoms with Crippen molar-refractivity contribution in [1.82, 2.24) is 14.9 Å². The molecule has 0 bridgehead atoms. The highest BCUT2D eigenvalue weighted by Gasteiger charge is 2.41. The smallest absolute Gasteiger partial charge is 0.410 e. The number of allylic oxidation sites excluding steroid dienone is 4. The van der Waals surface area contributed by atoms with E-state index in [0.717, 1.165) is 36.3 Å². The molecule has 42 heavy (non-hydrogen) atoms. The maximum atomic E-state index is 12.8. The van der Waals surface area contributed by atoms with Gasteiger partial charge in [-0.25, -0.2) is 14.8 Å². The van der Waals surface area contributed by atoms with Gasteiger partial charge in [0.15, 0.2) is 0 Å². The van der Waals surface area contributed by atoms with E-state index in [-0.39, 0.29) is 17.4 Å². The molecule has 1 aliphatic carbocycles. The summed E-state index contributed by atoms with van der Waals surface area (Å²) in [6.45, 7) is 7.58. The number of aromatic nitrogens is 2. The molecule has 1 fully saturated rings. The number of hydrogen-bond donors (Lipinski definition) is 1. The Balaban J connectivity index is 1.29. The predicted molar refractivity (Wildman–Crippen MR) is 167 cm³/mol. The lowest BCUT2D eigenvalue weighted by molar-refractivity contribution is 0.0179. The van der Waals surface area contributed by atoms with Crippen molar-refractivity contribution in [2.45, 2.75) is 63.5 Å². The van der Waals surface area contributed by atoms with E-state index >= 15 is 0 Å². The van der Waals surface area contributed by atoms with E-state index < -0.39 is 5.60 Å². The van der Waals surface area contributed by atoms with Crippen molar-refractivity contribution in [2.75, 3.05) is 25.5 Å². The Labute approximate surface area is 253 Å². The number of benzene rings is 2. The molecule has 0 radical (unpaired) electrons. The van der Waals surface area contributed by atoms with E-state index in [2.05, 4.69) is 40.7 Å². The zero-order valence-corrected chi connectivity index (χ0v) is 25.5. The van der Waals surface area contributed by atoms with E-state index in [1.165, 1.54) is 11.1 Å². The molecule has 0 saturated carbocycles. The zero-order chi connectivity index (χ0) is 29.7. The average molecular weight is 587 g/mol. The summed E-state index contributed by atoms with van der Waals surface area (Å²) in [5.74, 6) is 1.60. The van der Waals surface area contributed by atoms with Crippen LogP contribution in [0.5, 0.6) is 5.75 Å². The average Bonchev–Trinajstić information content (AvgIpc) is 3.00. The van der Waals surface area contributed by atoms with Gasteiger partial charge in [-0.15, -0.1) is 0 Å². The Morgan fingerprint density at radius 1 is 1.07 bits per heavy atom. The summed E-state index contributed by atoms with van der Waals surface area (Å²) in [6, 6.07) is 18.1. The van der Waals surface area contributed by atoms with Crippen LogP contribution in [-0.4, -0.2) is 46.8 Å². The van der Waals surface area contributed by atoms with Gasteiger partial charge in [0.25, 0.3) is 0 Å². The van der Waals surface area contributed by atoms with Crippen molar-refractivity contribution in [3.63, 3.8) is 0 Å². The fourth-order valence-electron chi connectivity index (χ4n) is 5.69. The molecular weight excluding hydrogens is 548 g/mol. The van der Waals surface area contributed by atoms with Crippen molar-refractivity contribution >= 4 is 23.6 Å². The number of nitrogens with zero attached hydrogens (tertiary/aromatic N) is 3. The van der Waals surface area contributed by atoms with Crippen LogP contribution in [0.1, 0.15) is 62.8 Å². The fourth-order valence-corrected chi connectivity index (χ4v) is 5.82. The minimum absolute atomic E-state index is 0.155. The molecule has 1 aromatic heterocycles. The Hall–Kier alpha value is -3.84. The maximum absolute atomic E-state index is 12.8. The summed E-state index contributed by atoms with van der Waals surface area (Å²) in [6.07, 6.45) is 10.9. The second-order valence-electron chi connectivity index (χ2n) is 11.9. The molecule has 7 nitrogen and oxygen atoms in total. The van der Waals surface area contributed by atoms with Crippen LogP contribution in [0.4, 0.5) is 10.7 Å². The monoisotopic (exact) mass is 586 g/mol. The first-order chi connectivity index (χ1) is 20.1. The van der Waals surface area contributed by atoms with Crippen LogP contribution in [0.25, 0.3) is 0 Å². The third kappa shape index (κ3) is 6.96. The second kappa shape index (κ2) is 12.6. The number of ether oxygens (including phenoxy) is 2. The first kappa shape index (κ1) is 29.6. The summed E-state index contributed by atoms with van der Waals surface area (Å²) in [7, 11) is 1.66. The van der Waals surface area contributed by atoms with Crippen molar-refractivity contribution in [2.24, 2.45) is 0 Å². The number of likely N-dealkylation sites (tertiary alicyclic amines) is 1. The third-order valence-corrected chi connectivity index (χ3v) is 8.24. The van der Waals surface area contributed by atoms with E-state index in [9.17, 15) is 4.79 Å². The summed E-state index contributed by atoms with van der Waals surface area (Å²) in [5, 5.41) is 4.06. The lowest BCUT2D eigenvalue weighted by atomic mass is 9.66. The highest BCUT2D eigenvalue weighted by molar-refractivity contribution is 6.30. The first-order valence-electron chi connectivity index (χ1n) is 14.5. The number of amides is 1. The minimum Gasteiger partial charge on any atom is -0.497 e. The highest BCUT2D eigenvalue weighted by atomic mass is 35.5. The predicted octanol–water partition coefficient (Wildman–Crippen LogP) is 7.69. The van der Waals surface area contributed by atoms with Gasteiger partial charge in [0.1, 0.15) is 11.4 Å². The molecule has 8 heteroatoms. The van der Waals surface area contributed by atoms with Crippen molar-refractivity contribution in [3.8, 4) is 5.75 Å². The number of carbonyl (C=O) groups is 1. The molecule has 1 unspecified atom stereocenters. The zero-order valence-electron chi connectivity index (χ0n) is 24.8. The number of halogens is 1. The van der Waals surface area contributed by atoms with Gasteiger partial charge >= 0.3 is 6.09 Å². The van der Waals surface area contributed by atoms with Gasteiger partial charge in [0.05, 0.1) is 12.8 Å². The van der Waals surface area contributed by atoms with Crippen LogP contribution in [0.3, 0.4) is 0 Å². The Morgan fingerprint density at radius 3 is 2.40 bits per heavy atom. The van der Waals surface area contributed by atoms with Crippen LogP contribution in [0, 0.1) is 0 Å². The number of piperidine rings is 1. The molecule has 220 valence electrons. The number of rotatable bonds is 7. The molecule has 1 aliphatic heterocycles. The van der Waals surface area contributed by atoms with Gasteiger partial charge in [0.2, 0.25) is 5.95 Å². The normalized spacial score (nSPS) is 18.3. The summed E-state index contributed by atoms with van der Waals surface area (Å²) >= 11 is 6.26. The SMILES string of the molecule is COc1ccc(CNc2nccc(C3C=CC(C4(c5ccc(Cl)cc5)CCN(C(=O)OC(C)(C)C)CC4)=CC3)n2)cc1. The van der Waals surface area contributed by atoms with Crippen LogP contribution in [0.2, 0.25) is 5.02 Å². The lowest BCUT2D eigenvalue weighted by Crippen LogP contribution is -2.47. The summed E-state index contributed by atoms with van der Waals surface area (Å²) < 4.78 is 10.9. The number of hydrogen-bond acceptors (Lipinski definition) is 6. The molecular formula is C34H39ClN4O3. The fraction of sp³-hybridized carbons (Fsp3) is 0.382. The third-order valence-electron chi connectivity index (χ3n) is 7.98. The number of nitrogens with one attached hydrogen (secondary N) is 1. The molecule has 2 aromatic carbocycles. The topological polar surface area (TPSA) is 76.6 Å². The van der Waals surface area contributed by atoms with E-state index in [4.69, 9.17) is 26.1 Å². The molecule has 2 heterocycles. The van der Waals surface area contributed by atoms with Crippen molar-refractivity contribution < 1.29 is 14.3 Å². The van der Waals surface area contributed by atoms with Crippen LogP contribution in [0.15, 0.2) is 84.6 Å². The number of anilines is 1. The second-order valence-corrected chi connectivity index (χ2v) is 12.4. The molecule has 2 aliphatic rings. The molecule has 1 saturated heterocycles. The van der Waals surface area contributed by atoms with E-state index in [1.807, 2.05) is 74.3 Å². The first-order valence-corrected chi connectivity index (χ1v) is 14.9. The van der Waals surface area contributed by atoms with Crippen LogP contribution < -0.4 is 10.1 Å². The molecule has 5 rings (SSSR count). The molecule has 0 spiro atoms. The van der Waals surface area contributed by atoms with Gasteiger partial charge in [0, 0.05) is 42.2 Å². The lowest BCUT2D eigenvalue weighted by Gasteiger charge is -2.44. The van der Waals surface area contributed by atoms with Gasteiger partial charge in [-0.3, -0.25) is 0 Å². The van der Waals surface area contributed by atoms with Gasteiger partial charge in [-0.1, -0.05) is 54.1 Å². The number of carbonyl (C=O) groups excluding carboxylic acids is 1. The Bertz CT molecular complexity index is 1440. The van der Waals surface area contributed by atoms with Gasteiger partial charge < -0.3 is 19.7 Å².